The summed E-state index contributed by atoms with van der Waals surface area (Å²) in [7, 11) is 1.72. The van der Waals surface area contributed by atoms with Crippen LogP contribution in [-0.2, 0) is 6.42 Å². The number of hydrogen-bond donors (Lipinski definition) is 1. The van der Waals surface area contributed by atoms with Gasteiger partial charge in [-0.05, 0) is 25.6 Å². The Labute approximate surface area is 111 Å². The van der Waals surface area contributed by atoms with E-state index in [2.05, 4.69) is 5.32 Å². The van der Waals surface area contributed by atoms with Crippen molar-refractivity contribution in [2.75, 3.05) is 7.05 Å². The molecule has 1 unspecified atom stereocenters. The minimum absolute atomic E-state index is 0.293. The first-order chi connectivity index (χ1) is 9.10. The van der Waals surface area contributed by atoms with Gasteiger partial charge in [-0.15, -0.1) is 0 Å². The van der Waals surface area contributed by atoms with E-state index in [1.54, 1.807) is 38.4 Å². The minimum atomic E-state index is -0.803. The van der Waals surface area contributed by atoms with Crippen molar-refractivity contribution >= 4 is 0 Å². The fourth-order valence-electron chi connectivity index (χ4n) is 2.26. The summed E-state index contributed by atoms with van der Waals surface area (Å²) >= 11 is 0. The molecule has 0 fully saturated rings. The van der Waals surface area contributed by atoms with Crippen LogP contribution in [0, 0.1) is 18.6 Å². The molecule has 0 bridgehead atoms. The number of aryl methyl sites for hydroxylation is 2. The van der Waals surface area contributed by atoms with E-state index in [-0.39, 0.29) is 0 Å². The predicted octanol–water partition coefficient (Wildman–Crippen LogP) is 3.74. The summed E-state index contributed by atoms with van der Waals surface area (Å²) in [4.78, 5) is 0. The van der Waals surface area contributed by atoms with E-state index >= 15 is 0 Å². The summed E-state index contributed by atoms with van der Waals surface area (Å²) in [5, 5.41) is 3.02. The maximum Gasteiger partial charge on any atom is 0.164 e. The zero-order valence-electron chi connectivity index (χ0n) is 11.3. The van der Waals surface area contributed by atoms with Crippen LogP contribution in [0.3, 0.4) is 0 Å². The van der Waals surface area contributed by atoms with Gasteiger partial charge in [-0.3, -0.25) is 0 Å². The lowest BCUT2D eigenvalue weighted by Gasteiger charge is -2.18. The van der Waals surface area contributed by atoms with Gasteiger partial charge in [0, 0.05) is 17.5 Å². The Morgan fingerprint density at radius 3 is 2.53 bits per heavy atom. The van der Waals surface area contributed by atoms with Gasteiger partial charge in [0.15, 0.2) is 11.6 Å². The lowest BCUT2D eigenvalue weighted by Crippen LogP contribution is -2.20. The molecule has 102 valence electrons. The van der Waals surface area contributed by atoms with Crippen molar-refractivity contribution < 1.29 is 13.2 Å². The van der Waals surface area contributed by atoms with E-state index in [1.165, 1.54) is 0 Å². The van der Waals surface area contributed by atoms with Crippen molar-refractivity contribution in [3.8, 4) is 0 Å². The Morgan fingerprint density at radius 2 is 1.89 bits per heavy atom. The molecule has 1 N–H and O–H groups in total. The van der Waals surface area contributed by atoms with Gasteiger partial charge in [-0.1, -0.05) is 19.1 Å². The molecule has 4 heteroatoms. The van der Waals surface area contributed by atoms with Crippen LogP contribution in [0.5, 0.6) is 0 Å². The third-order valence-electron chi connectivity index (χ3n) is 3.32. The van der Waals surface area contributed by atoms with Crippen LogP contribution in [0.1, 0.15) is 35.4 Å². The van der Waals surface area contributed by atoms with Gasteiger partial charge in [-0.2, -0.15) is 0 Å². The molecule has 19 heavy (non-hydrogen) atoms. The SMILES string of the molecule is CCc1occc1C(NC)c1ccc(C)c(F)c1F. The molecule has 0 saturated heterocycles. The van der Waals surface area contributed by atoms with Crippen molar-refractivity contribution in [1.82, 2.24) is 5.32 Å². The van der Waals surface area contributed by atoms with Gasteiger partial charge in [0.2, 0.25) is 0 Å². The summed E-state index contributed by atoms with van der Waals surface area (Å²) in [5.41, 5.74) is 1.44. The number of hydrogen-bond acceptors (Lipinski definition) is 2. The van der Waals surface area contributed by atoms with E-state index in [1.807, 2.05) is 6.92 Å². The molecule has 0 aliphatic heterocycles. The van der Waals surface area contributed by atoms with E-state index in [0.29, 0.717) is 17.5 Å². The number of benzene rings is 1. The monoisotopic (exact) mass is 265 g/mol. The Bertz CT molecular complexity index is 578. The van der Waals surface area contributed by atoms with Crippen LogP contribution in [-0.4, -0.2) is 7.05 Å². The lowest BCUT2D eigenvalue weighted by molar-refractivity contribution is 0.476. The quantitative estimate of drug-likeness (QED) is 0.911. The predicted molar refractivity (Wildman–Crippen MR) is 70.1 cm³/mol. The van der Waals surface area contributed by atoms with Crippen molar-refractivity contribution in [3.05, 3.63) is 58.5 Å². The first-order valence-corrected chi connectivity index (χ1v) is 6.28. The molecule has 1 atom stereocenters. The van der Waals surface area contributed by atoms with Crippen molar-refractivity contribution in [1.29, 1.82) is 0 Å². The first-order valence-electron chi connectivity index (χ1n) is 6.28. The molecule has 0 spiro atoms. The summed E-state index contributed by atoms with van der Waals surface area (Å²) in [6.45, 7) is 3.51. The molecule has 0 amide bonds. The lowest BCUT2D eigenvalue weighted by atomic mass is 9.96. The number of halogens is 2. The first kappa shape index (κ1) is 13.7. The van der Waals surface area contributed by atoms with Crippen molar-refractivity contribution in [2.24, 2.45) is 0 Å². The maximum atomic E-state index is 14.1. The molecule has 0 saturated carbocycles. The third-order valence-corrected chi connectivity index (χ3v) is 3.32. The molecule has 2 aromatic rings. The van der Waals surface area contributed by atoms with E-state index < -0.39 is 17.7 Å². The Hall–Kier alpha value is -1.68. The van der Waals surface area contributed by atoms with Gasteiger partial charge in [0.05, 0.1) is 12.3 Å². The summed E-state index contributed by atoms with van der Waals surface area (Å²) < 4.78 is 33.1. The summed E-state index contributed by atoms with van der Waals surface area (Å²) in [6, 6.07) is 4.58. The topological polar surface area (TPSA) is 25.2 Å². The Morgan fingerprint density at radius 1 is 1.16 bits per heavy atom. The zero-order chi connectivity index (χ0) is 14.0. The molecular weight excluding hydrogens is 248 g/mol. The molecule has 1 heterocycles. The summed E-state index contributed by atoms with van der Waals surface area (Å²) in [5.74, 6) is -0.818. The zero-order valence-corrected chi connectivity index (χ0v) is 11.3. The molecule has 0 radical (unpaired) electrons. The van der Waals surface area contributed by atoms with Gasteiger partial charge in [-0.25, -0.2) is 8.78 Å². The van der Waals surface area contributed by atoms with E-state index in [9.17, 15) is 8.78 Å². The highest BCUT2D eigenvalue weighted by Crippen LogP contribution is 2.29. The number of rotatable bonds is 4. The van der Waals surface area contributed by atoms with Crippen molar-refractivity contribution in [3.63, 3.8) is 0 Å². The second kappa shape index (κ2) is 5.53. The van der Waals surface area contributed by atoms with Crippen LogP contribution < -0.4 is 5.32 Å². The van der Waals surface area contributed by atoms with Crippen LogP contribution in [0.4, 0.5) is 8.78 Å². The highest BCUT2D eigenvalue weighted by Gasteiger charge is 2.23. The number of nitrogens with one attached hydrogen (secondary N) is 1. The second-order valence-corrected chi connectivity index (χ2v) is 4.47. The molecule has 2 rings (SSSR count). The molecule has 0 aliphatic carbocycles. The molecule has 2 nitrogen and oxygen atoms in total. The van der Waals surface area contributed by atoms with Crippen molar-refractivity contribution in [2.45, 2.75) is 26.3 Å². The van der Waals surface area contributed by atoms with Gasteiger partial charge in [0.25, 0.3) is 0 Å². The van der Waals surface area contributed by atoms with Crippen LogP contribution in [0.2, 0.25) is 0 Å². The Balaban J connectivity index is 2.52. The molecule has 1 aromatic carbocycles. The standard InChI is InChI=1S/C15H17F2NO/c1-4-12-10(7-8-19-12)15(18-3)11-6-5-9(2)13(16)14(11)17/h5-8,15,18H,4H2,1-3H3. The Kier molecular flexibility index (Phi) is 4.00. The number of furan rings is 1. The van der Waals surface area contributed by atoms with E-state index in [4.69, 9.17) is 4.42 Å². The fraction of sp³-hybridized carbons (Fsp3) is 0.333. The third kappa shape index (κ3) is 2.40. The van der Waals surface area contributed by atoms with Gasteiger partial charge >= 0.3 is 0 Å². The largest absolute Gasteiger partial charge is 0.469 e. The maximum absolute atomic E-state index is 14.1. The minimum Gasteiger partial charge on any atom is -0.469 e. The summed E-state index contributed by atoms with van der Waals surface area (Å²) in [6.07, 6.45) is 2.28. The molecule has 1 aromatic heterocycles. The van der Waals surface area contributed by atoms with Crippen LogP contribution in [0.25, 0.3) is 0 Å². The van der Waals surface area contributed by atoms with Gasteiger partial charge < -0.3 is 9.73 Å². The normalized spacial score (nSPS) is 12.7. The average molecular weight is 265 g/mol. The molecule has 0 aliphatic rings. The molecular formula is C15H17F2NO. The second-order valence-electron chi connectivity index (χ2n) is 4.47. The van der Waals surface area contributed by atoms with Crippen LogP contribution in [0.15, 0.2) is 28.9 Å². The average Bonchev–Trinajstić information content (AvgIpc) is 2.88. The highest BCUT2D eigenvalue weighted by atomic mass is 19.2. The highest BCUT2D eigenvalue weighted by molar-refractivity contribution is 5.36. The fourth-order valence-corrected chi connectivity index (χ4v) is 2.26. The smallest absolute Gasteiger partial charge is 0.164 e. The van der Waals surface area contributed by atoms with Crippen LogP contribution >= 0.6 is 0 Å². The van der Waals surface area contributed by atoms with Gasteiger partial charge in [0.1, 0.15) is 5.76 Å². The van der Waals surface area contributed by atoms with E-state index in [0.717, 1.165) is 11.3 Å².